The third kappa shape index (κ3) is 1.55. The molecule has 88 valence electrons. The number of methoxy groups -OCH3 is 2. The second-order valence-corrected chi connectivity index (χ2v) is 4.94. The fourth-order valence-corrected chi connectivity index (χ4v) is 2.36. The molecule has 1 aromatic carbocycles. The maximum absolute atomic E-state index is 6.07. The van der Waals surface area contributed by atoms with Gasteiger partial charge in [0.05, 0.1) is 14.2 Å². The molecule has 0 radical (unpaired) electrons. The summed E-state index contributed by atoms with van der Waals surface area (Å²) in [5.74, 6) is 1.96. The Kier molecular flexibility index (Phi) is 2.58. The van der Waals surface area contributed by atoms with Gasteiger partial charge in [0.1, 0.15) is 0 Å². The number of hydrogen-bond donors (Lipinski definition) is 1. The Balaban J connectivity index is 2.31. The van der Waals surface area contributed by atoms with Gasteiger partial charge in [0.25, 0.3) is 0 Å². The van der Waals surface area contributed by atoms with Crippen LogP contribution in [0.25, 0.3) is 0 Å². The molecular formula is C13H19NO2. The molecular weight excluding hydrogens is 202 g/mol. The lowest BCUT2D eigenvalue weighted by atomic mass is 10.0. The van der Waals surface area contributed by atoms with E-state index in [4.69, 9.17) is 15.2 Å². The maximum atomic E-state index is 6.07. The maximum Gasteiger partial charge on any atom is 0.160 e. The average Bonchev–Trinajstić information content (AvgIpc) is 2.77. The first-order chi connectivity index (χ1) is 7.52. The SMILES string of the molecule is COc1ccc([C@@H]2[C@@H](N)C2(C)C)cc1OC. The van der Waals surface area contributed by atoms with E-state index in [9.17, 15) is 0 Å². The second-order valence-electron chi connectivity index (χ2n) is 4.94. The third-order valence-electron chi connectivity index (χ3n) is 3.68. The molecule has 0 amide bonds. The highest BCUT2D eigenvalue weighted by Crippen LogP contribution is 2.57. The van der Waals surface area contributed by atoms with Gasteiger partial charge in [-0.05, 0) is 23.1 Å². The molecule has 1 aliphatic carbocycles. The zero-order valence-electron chi connectivity index (χ0n) is 10.3. The normalized spacial score (nSPS) is 26.3. The van der Waals surface area contributed by atoms with E-state index >= 15 is 0 Å². The predicted molar refractivity (Wildman–Crippen MR) is 64.0 cm³/mol. The van der Waals surface area contributed by atoms with Crippen molar-refractivity contribution >= 4 is 0 Å². The quantitative estimate of drug-likeness (QED) is 0.850. The van der Waals surface area contributed by atoms with E-state index in [0.717, 1.165) is 11.5 Å². The number of rotatable bonds is 3. The van der Waals surface area contributed by atoms with E-state index in [1.54, 1.807) is 14.2 Å². The molecule has 0 spiro atoms. The molecule has 0 heterocycles. The Hall–Kier alpha value is -1.22. The number of benzene rings is 1. The van der Waals surface area contributed by atoms with Crippen molar-refractivity contribution in [2.75, 3.05) is 14.2 Å². The van der Waals surface area contributed by atoms with Crippen molar-refractivity contribution in [2.24, 2.45) is 11.1 Å². The van der Waals surface area contributed by atoms with Crippen LogP contribution in [0.15, 0.2) is 18.2 Å². The molecule has 1 aliphatic rings. The van der Waals surface area contributed by atoms with Crippen LogP contribution in [0, 0.1) is 5.41 Å². The Morgan fingerprint density at radius 3 is 2.12 bits per heavy atom. The first-order valence-electron chi connectivity index (χ1n) is 5.50. The molecule has 1 fully saturated rings. The largest absolute Gasteiger partial charge is 0.493 e. The predicted octanol–water partition coefficient (Wildman–Crippen LogP) is 2.15. The fraction of sp³-hybridized carbons (Fsp3) is 0.538. The van der Waals surface area contributed by atoms with Crippen molar-refractivity contribution < 1.29 is 9.47 Å². The molecule has 1 saturated carbocycles. The minimum absolute atomic E-state index is 0.194. The molecule has 0 unspecified atom stereocenters. The summed E-state index contributed by atoms with van der Waals surface area (Å²) in [6.07, 6.45) is 0. The van der Waals surface area contributed by atoms with E-state index in [1.165, 1.54) is 5.56 Å². The molecule has 0 bridgehead atoms. The molecule has 3 nitrogen and oxygen atoms in total. The molecule has 0 aromatic heterocycles. The van der Waals surface area contributed by atoms with Crippen LogP contribution in [0.2, 0.25) is 0 Å². The summed E-state index contributed by atoms with van der Waals surface area (Å²) in [5.41, 5.74) is 7.49. The van der Waals surface area contributed by atoms with Crippen LogP contribution in [0.1, 0.15) is 25.3 Å². The highest BCUT2D eigenvalue weighted by molar-refractivity contribution is 5.47. The third-order valence-corrected chi connectivity index (χ3v) is 3.68. The van der Waals surface area contributed by atoms with Crippen molar-refractivity contribution in [3.05, 3.63) is 23.8 Å². The van der Waals surface area contributed by atoms with E-state index in [1.807, 2.05) is 12.1 Å². The Labute approximate surface area is 96.5 Å². The highest BCUT2D eigenvalue weighted by atomic mass is 16.5. The van der Waals surface area contributed by atoms with Gasteiger partial charge in [0, 0.05) is 12.0 Å². The van der Waals surface area contributed by atoms with E-state index in [0.29, 0.717) is 5.92 Å². The van der Waals surface area contributed by atoms with E-state index in [-0.39, 0.29) is 11.5 Å². The van der Waals surface area contributed by atoms with Crippen molar-refractivity contribution in [2.45, 2.75) is 25.8 Å². The van der Waals surface area contributed by atoms with Crippen molar-refractivity contribution in [3.8, 4) is 11.5 Å². The van der Waals surface area contributed by atoms with Gasteiger partial charge < -0.3 is 15.2 Å². The average molecular weight is 221 g/mol. The fourth-order valence-electron chi connectivity index (χ4n) is 2.36. The Bertz CT molecular complexity index is 401. The van der Waals surface area contributed by atoms with Crippen LogP contribution in [-0.4, -0.2) is 20.3 Å². The lowest BCUT2D eigenvalue weighted by molar-refractivity contribution is 0.354. The lowest BCUT2D eigenvalue weighted by Gasteiger charge is -2.10. The molecule has 3 heteroatoms. The van der Waals surface area contributed by atoms with Crippen molar-refractivity contribution in [1.82, 2.24) is 0 Å². The Morgan fingerprint density at radius 2 is 1.69 bits per heavy atom. The molecule has 16 heavy (non-hydrogen) atoms. The summed E-state index contributed by atoms with van der Waals surface area (Å²) in [5, 5.41) is 0. The summed E-state index contributed by atoms with van der Waals surface area (Å²) in [6, 6.07) is 6.28. The van der Waals surface area contributed by atoms with Crippen molar-refractivity contribution in [3.63, 3.8) is 0 Å². The van der Waals surface area contributed by atoms with E-state index < -0.39 is 0 Å². The summed E-state index contributed by atoms with van der Waals surface area (Å²) < 4.78 is 10.5. The van der Waals surface area contributed by atoms with Gasteiger partial charge in [-0.25, -0.2) is 0 Å². The summed E-state index contributed by atoms with van der Waals surface area (Å²) in [6.45, 7) is 4.39. The van der Waals surface area contributed by atoms with Gasteiger partial charge >= 0.3 is 0 Å². The second kappa shape index (κ2) is 3.67. The van der Waals surface area contributed by atoms with Crippen LogP contribution in [0.3, 0.4) is 0 Å². The minimum atomic E-state index is 0.194. The molecule has 0 aliphatic heterocycles. The molecule has 1 aromatic rings. The van der Waals surface area contributed by atoms with Crippen LogP contribution < -0.4 is 15.2 Å². The van der Waals surface area contributed by atoms with Gasteiger partial charge in [0.15, 0.2) is 11.5 Å². The summed E-state index contributed by atoms with van der Waals surface area (Å²) in [4.78, 5) is 0. The molecule has 0 saturated heterocycles. The summed E-state index contributed by atoms with van der Waals surface area (Å²) in [7, 11) is 3.30. The van der Waals surface area contributed by atoms with E-state index in [2.05, 4.69) is 19.9 Å². The topological polar surface area (TPSA) is 44.5 Å². The smallest absolute Gasteiger partial charge is 0.160 e. The first kappa shape index (κ1) is 11.3. The van der Waals surface area contributed by atoms with Gasteiger partial charge in [-0.2, -0.15) is 0 Å². The monoisotopic (exact) mass is 221 g/mol. The minimum Gasteiger partial charge on any atom is -0.493 e. The number of hydrogen-bond acceptors (Lipinski definition) is 3. The lowest BCUT2D eigenvalue weighted by Crippen LogP contribution is -2.06. The summed E-state index contributed by atoms with van der Waals surface area (Å²) >= 11 is 0. The standard InChI is InChI=1S/C13H19NO2/c1-13(2)11(12(13)14)8-5-6-9(15-3)10(7-8)16-4/h5-7,11-12H,14H2,1-4H3/t11-,12-/m1/s1. The van der Waals surface area contributed by atoms with Crippen LogP contribution >= 0.6 is 0 Å². The number of nitrogens with two attached hydrogens (primary N) is 1. The van der Waals surface area contributed by atoms with Crippen molar-refractivity contribution in [1.29, 1.82) is 0 Å². The number of ether oxygens (including phenoxy) is 2. The zero-order chi connectivity index (χ0) is 11.9. The van der Waals surface area contributed by atoms with Crippen LogP contribution in [0.5, 0.6) is 11.5 Å². The van der Waals surface area contributed by atoms with Gasteiger partial charge in [0.2, 0.25) is 0 Å². The molecule has 2 rings (SSSR count). The molecule has 2 N–H and O–H groups in total. The van der Waals surface area contributed by atoms with Gasteiger partial charge in [-0.1, -0.05) is 19.9 Å². The Morgan fingerprint density at radius 1 is 1.12 bits per heavy atom. The highest BCUT2D eigenvalue weighted by Gasteiger charge is 2.56. The molecule has 2 atom stereocenters. The van der Waals surface area contributed by atoms with Gasteiger partial charge in [-0.15, -0.1) is 0 Å². The van der Waals surface area contributed by atoms with Gasteiger partial charge in [-0.3, -0.25) is 0 Å². The first-order valence-corrected chi connectivity index (χ1v) is 5.50. The zero-order valence-corrected chi connectivity index (χ0v) is 10.3. The van der Waals surface area contributed by atoms with Crippen LogP contribution in [-0.2, 0) is 0 Å². The van der Waals surface area contributed by atoms with Crippen LogP contribution in [0.4, 0.5) is 0 Å².